The molecule has 0 aromatic carbocycles. The topological polar surface area (TPSA) is 39.1 Å². The van der Waals surface area contributed by atoms with Crippen LogP contribution < -0.4 is 5.32 Å². The van der Waals surface area contributed by atoms with Crippen LogP contribution >= 0.6 is 15.9 Å². The standard InChI is InChI=1S/C13H24BrN3O/c1-4-6-12(15-7-5-2)13-11(14)10-16-17(13)8-9-18-3/h10,12,15H,4-9H2,1-3H3. The molecule has 0 aliphatic heterocycles. The maximum atomic E-state index is 5.13. The lowest BCUT2D eigenvalue weighted by Gasteiger charge is -2.20. The second-order valence-corrected chi connectivity index (χ2v) is 5.24. The SMILES string of the molecule is CCCNC(CCC)c1c(Br)cnn1CCOC. The maximum absolute atomic E-state index is 5.13. The van der Waals surface area contributed by atoms with E-state index in [4.69, 9.17) is 4.74 Å². The van der Waals surface area contributed by atoms with Crippen molar-refractivity contribution in [2.75, 3.05) is 20.3 Å². The van der Waals surface area contributed by atoms with Crippen LogP contribution in [0.5, 0.6) is 0 Å². The molecule has 1 aromatic rings. The van der Waals surface area contributed by atoms with Crippen LogP contribution in [-0.4, -0.2) is 30.0 Å². The Morgan fingerprint density at radius 2 is 2.22 bits per heavy atom. The third-order valence-electron chi connectivity index (χ3n) is 2.89. The summed E-state index contributed by atoms with van der Waals surface area (Å²) < 4.78 is 8.26. The number of methoxy groups -OCH3 is 1. The molecule has 0 saturated heterocycles. The lowest BCUT2D eigenvalue weighted by Crippen LogP contribution is -2.25. The molecular formula is C13H24BrN3O. The van der Waals surface area contributed by atoms with Crippen LogP contribution in [0.2, 0.25) is 0 Å². The first-order valence-electron chi connectivity index (χ1n) is 6.68. The zero-order valence-electron chi connectivity index (χ0n) is 11.6. The Balaban J connectivity index is 2.83. The summed E-state index contributed by atoms with van der Waals surface area (Å²) >= 11 is 3.61. The average Bonchev–Trinajstić information content (AvgIpc) is 2.73. The number of hydrogen-bond acceptors (Lipinski definition) is 3. The lowest BCUT2D eigenvalue weighted by atomic mass is 10.1. The minimum Gasteiger partial charge on any atom is -0.383 e. The van der Waals surface area contributed by atoms with Crippen molar-refractivity contribution in [3.8, 4) is 0 Å². The summed E-state index contributed by atoms with van der Waals surface area (Å²) in [5, 5.41) is 8.01. The van der Waals surface area contributed by atoms with Gasteiger partial charge in [0.05, 0.1) is 35.6 Å². The molecule has 0 radical (unpaired) electrons. The first kappa shape index (κ1) is 15.7. The second-order valence-electron chi connectivity index (χ2n) is 4.39. The fourth-order valence-electron chi connectivity index (χ4n) is 2.02. The number of halogens is 1. The zero-order chi connectivity index (χ0) is 13.4. The Kier molecular flexibility index (Phi) is 7.54. The van der Waals surface area contributed by atoms with Crippen molar-refractivity contribution < 1.29 is 4.74 Å². The van der Waals surface area contributed by atoms with Gasteiger partial charge < -0.3 is 10.1 Å². The molecule has 1 heterocycles. The highest BCUT2D eigenvalue weighted by Crippen LogP contribution is 2.26. The van der Waals surface area contributed by atoms with E-state index in [-0.39, 0.29) is 0 Å². The van der Waals surface area contributed by atoms with Gasteiger partial charge in [0.15, 0.2) is 0 Å². The monoisotopic (exact) mass is 317 g/mol. The van der Waals surface area contributed by atoms with E-state index in [0.717, 1.165) is 36.8 Å². The zero-order valence-corrected chi connectivity index (χ0v) is 13.2. The van der Waals surface area contributed by atoms with E-state index in [1.807, 2.05) is 10.9 Å². The Bertz CT molecular complexity index is 341. The molecule has 1 rings (SSSR count). The van der Waals surface area contributed by atoms with Crippen molar-refractivity contribution in [2.45, 2.75) is 45.7 Å². The Hall–Kier alpha value is -0.390. The first-order valence-corrected chi connectivity index (χ1v) is 7.47. The molecule has 1 N–H and O–H groups in total. The molecule has 5 heteroatoms. The molecule has 0 saturated carbocycles. The second kappa shape index (κ2) is 8.67. The fourth-order valence-corrected chi connectivity index (χ4v) is 2.59. The van der Waals surface area contributed by atoms with Crippen LogP contribution in [0.25, 0.3) is 0 Å². The average molecular weight is 318 g/mol. The van der Waals surface area contributed by atoms with E-state index >= 15 is 0 Å². The molecule has 0 aliphatic carbocycles. The molecule has 0 fully saturated rings. The smallest absolute Gasteiger partial charge is 0.0696 e. The Morgan fingerprint density at radius 1 is 1.44 bits per heavy atom. The van der Waals surface area contributed by atoms with Gasteiger partial charge >= 0.3 is 0 Å². The molecule has 1 unspecified atom stereocenters. The predicted octanol–water partition coefficient (Wildman–Crippen LogP) is 3.13. The van der Waals surface area contributed by atoms with E-state index in [9.17, 15) is 0 Å². The van der Waals surface area contributed by atoms with E-state index in [1.165, 1.54) is 5.69 Å². The van der Waals surface area contributed by atoms with Gasteiger partial charge in [-0.1, -0.05) is 20.3 Å². The summed E-state index contributed by atoms with van der Waals surface area (Å²) in [6.45, 7) is 6.92. The molecular weight excluding hydrogens is 294 g/mol. The highest BCUT2D eigenvalue weighted by molar-refractivity contribution is 9.10. The highest BCUT2D eigenvalue weighted by Gasteiger charge is 2.18. The van der Waals surface area contributed by atoms with Crippen molar-refractivity contribution in [1.29, 1.82) is 0 Å². The molecule has 0 aliphatic rings. The van der Waals surface area contributed by atoms with Gasteiger partial charge in [0.2, 0.25) is 0 Å². The van der Waals surface area contributed by atoms with Crippen LogP contribution in [0.15, 0.2) is 10.7 Å². The van der Waals surface area contributed by atoms with Crippen LogP contribution in [0.1, 0.15) is 44.8 Å². The quantitative estimate of drug-likeness (QED) is 0.760. The summed E-state index contributed by atoms with van der Waals surface area (Å²) in [7, 11) is 1.72. The summed E-state index contributed by atoms with van der Waals surface area (Å²) in [4.78, 5) is 0. The van der Waals surface area contributed by atoms with Gasteiger partial charge in [-0.2, -0.15) is 5.10 Å². The lowest BCUT2D eigenvalue weighted by molar-refractivity contribution is 0.181. The van der Waals surface area contributed by atoms with E-state index in [2.05, 4.69) is 40.2 Å². The predicted molar refractivity (Wildman–Crippen MR) is 77.7 cm³/mol. The molecule has 1 atom stereocenters. The number of hydrogen-bond donors (Lipinski definition) is 1. The largest absolute Gasteiger partial charge is 0.383 e. The summed E-state index contributed by atoms with van der Waals surface area (Å²) in [6.07, 6.45) is 5.30. The number of ether oxygens (including phenoxy) is 1. The van der Waals surface area contributed by atoms with Crippen LogP contribution in [-0.2, 0) is 11.3 Å². The summed E-state index contributed by atoms with van der Waals surface area (Å²) in [6, 6.07) is 0.365. The highest BCUT2D eigenvalue weighted by atomic mass is 79.9. The Labute approximate surface area is 118 Å². The maximum Gasteiger partial charge on any atom is 0.0696 e. The minimum atomic E-state index is 0.365. The number of nitrogens with zero attached hydrogens (tertiary/aromatic N) is 2. The van der Waals surface area contributed by atoms with Crippen molar-refractivity contribution >= 4 is 15.9 Å². The molecule has 1 aromatic heterocycles. The van der Waals surface area contributed by atoms with Crippen LogP contribution in [0, 0.1) is 0 Å². The first-order chi connectivity index (χ1) is 8.74. The van der Waals surface area contributed by atoms with E-state index < -0.39 is 0 Å². The van der Waals surface area contributed by atoms with Gasteiger partial charge in [0.1, 0.15) is 0 Å². The Morgan fingerprint density at radius 3 is 2.83 bits per heavy atom. The number of aromatic nitrogens is 2. The van der Waals surface area contributed by atoms with Gasteiger partial charge in [-0.05, 0) is 35.3 Å². The van der Waals surface area contributed by atoms with Crippen LogP contribution in [0.3, 0.4) is 0 Å². The van der Waals surface area contributed by atoms with Gasteiger partial charge in [0.25, 0.3) is 0 Å². The van der Waals surface area contributed by atoms with Crippen LogP contribution in [0.4, 0.5) is 0 Å². The van der Waals surface area contributed by atoms with Crippen molar-refractivity contribution in [1.82, 2.24) is 15.1 Å². The van der Waals surface area contributed by atoms with Crippen molar-refractivity contribution in [2.24, 2.45) is 0 Å². The van der Waals surface area contributed by atoms with E-state index in [0.29, 0.717) is 12.6 Å². The van der Waals surface area contributed by atoms with Crippen molar-refractivity contribution in [3.05, 3.63) is 16.4 Å². The van der Waals surface area contributed by atoms with Gasteiger partial charge in [-0.25, -0.2) is 0 Å². The molecule has 18 heavy (non-hydrogen) atoms. The molecule has 4 nitrogen and oxygen atoms in total. The number of rotatable bonds is 9. The molecule has 0 spiro atoms. The normalized spacial score (nSPS) is 12.9. The minimum absolute atomic E-state index is 0.365. The third kappa shape index (κ3) is 4.37. The van der Waals surface area contributed by atoms with Gasteiger partial charge in [-0.3, -0.25) is 4.68 Å². The molecule has 0 bridgehead atoms. The summed E-state index contributed by atoms with van der Waals surface area (Å²) in [5.74, 6) is 0. The van der Waals surface area contributed by atoms with Gasteiger partial charge in [0, 0.05) is 7.11 Å². The van der Waals surface area contributed by atoms with E-state index in [1.54, 1.807) is 7.11 Å². The number of nitrogens with one attached hydrogen (secondary N) is 1. The molecule has 104 valence electrons. The third-order valence-corrected chi connectivity index (χ3v) is 3.50. The fraction of sp³-hybridized carbons (Fsp3) is 0.769. The summed E-state index contributed by atoms with van der Waals surface area (Å²) in [5.41, 5.74) is 1.24. The molecule has 0 amide bonds. The van der Waals surface area contributed by atoms with Crippen molar-refractivity contribution in [3.63, 3.8) is 0 Å². The van der Waals surface area contributed by atoms with Gasteiger partial charge in [-0.15, -0.1) is 0 Å².